The van der Waals surface area contributed by atoms with Crippen LogP contribution in [0.1, 0.15) is 35.5 Å². The fourth-order valence-corrected chi connectivity index (χ4v) is 3.64. The number of nitrogens with zero attached hydrogens (tertiary/aromatic N) is 2. The SMILES string of the molecule is Cc1nn(-c2ccccc2)c(C)c1C[NH+](C)CC(=O)N[C@H](C)c1ccc(Cl)cc1. The number of amides is 1. The maximum Gasteiger partial charge on any atom is 0.275 e. The van der Waals surface area contributed by atoms with Crippen molar-refractivity contribution < 1.29 is 9.69 Å². The molecule has 3 aromatic rings. The molecule has 1 heterocycles. The lowest BCUT2D eigenvalue weighted by Crippen LogP contribution is -3.09. The van der Waals surface area contributed by atoms with E-state index >= 15 is 0 Å². The van der Waals surface area contributed by atoms with E-state index in [1.807, 2.05) is 80.2 Å². The Kier molecular flexibility index (Phi) is 6.72. The molecule has 2 atom stereocenters. The summed E-state index contributed by atoms with van der Waals surface area (Å²) in [6.07, 6.45) is 0. The van der Waals surface area contributed by atoms with Crippen LogP contribution in [0.5, 0.6) is 0 Å². The van der Waals surface area contributed by atoms with Crippen molar-refractivity contribution in [2.45, 2.75) is 33.4 Å². The first-order chi connectivity index (χ1) is 13.8. The monoisotopic (exact) mass is 411 g/mol. The first kappa shape index (κ1) is 21.1. The summed E-state index contributed by atoms with van der Waals surface area (Å²) in [4.78, 5) is 13.6. The fourth-order valence-electron chi connectivity index (χ4n) is 3.52. The first-order valence-electron chi connectivity index (χ1n) is 9.81. The number of hydrogen-bond donors (Lipinski definition) is 2. The van der Waals surface area contributed by atoms with Crippen LogP contribution in [0.15, 0.2) is 54.6 Å². The predicted octanol–water partition coefficient (Wildman–Crippen LogP) is 3.03. The standard InChI is InChI=1S/C23H27ClN4O/c1-16(19-10-12-20(24)13-11-19)25-23(29)15-27(4)14-22-17(2)26-28(18(22)3)21-8-6-5-7-9-21/h5-13,16H,14-15H2,1-4H3,(H,25,29)/p+1/t16-/m1/s1. The van der Waals surface area contributed by atoms with E-state index in [0.717, 1.165) is 34.1 Å². The lowest BCUT2D eigenvalue weighted by atomic mass is 10.1. The normalized spacial score (nSPS) is 13.1. The highest BCUT2D eigenvalue weighted by Crippen LogP contribution is 2.17. The molecule has 0 saturated heterocycles. The molecule has 0 fully saturated rings. The summed E-state index contributed by atoms with van der Waals surface area (Å²) >= 11 is 5.94. The number of hydrogen-bond acceptors (Lipinski definition) is 2. The topological polar surface area (TPSA) is 51.4 Å². The summed E-state index contributed by atoms with van der Waals surface area (Å²) in [5, 5.41) is 8.46. The van der Waals surface area contributed by atoms with Crippen LogP contribution in [0, 0.1) is 13.8 Å². The fraction of sp³-hybridized carbons (Fsp3) is 0.304. The number of para-hydroxylation sites is 1. The van der Waals surface area contributed by atoms with Gasteiger partial charge < -0.3 is 10.2 Å². The maximum atomic E-state index is 12.5. The van der Waals surface area contributed by atoms with Crippen molar-refractivity contribution in [3.05, 3.63) is 82.1 Å². The minimum Gasteiger partial charge on any atom is -0.345 e. The smallest absolute Gasteiger partial charge is 0.275 e. The van der Waals surface area contributed by atoms with Gasteiger partial charge in [0.05, 0.1) is 35.7 Å². The van der Waals surface area contributed by atoms with Crippen molar-refractivity contribution in [2.24, 2.45) is 0 Å². The van der Waals surface area contributed by atoms with Crippen molar-refractivity contribution in [2.75, 3.05) is 13.6 Å². The van der Waals surface area contributed by atoms with Crippen LogP contribution < -0.4 is 10.2 Å². The Morgan fingerprint density at radius 3 is 2.45 bits per heavy atom. The molecule has 0 aliphatic heterocycles. The Morgan fingerprint density at radius 2 is 1.79 bits per heavy atom. The van der Waals surface area contributed by atoms with Crippen LogP contribution in [-0.2, 0) is 11.3 Å². The van der Waals surface area contributed by atoms with Crippen LogP contribution in [0.2, 0.25) is 5.02 Å². The van der Waals surface area contributed by atoms with E-state index in [1.54, 1.807) is 0 Å². The van der Waals surface area contributed by atoms with Gasteiger partial charge in [-0.2, -0.15) is 5.10 Å². The molecule has 29 heavy (non-hydrogen) atoms. The molecule has 1 amide bonds. The number of carbonyl (C=O) groups excluding carboxylic acids is 1. The molecule has 0 saturated carbocycles. The van der Waals surface area contributed by atoms with E-state index < -0.39 is 0 Å². The minimum absolute atomic E-state index is 0.0238. The second kappa shape index (κ2) is 9.25. The van der Waals surface area contributed by atoms with E-state index in [4.69, 9.17) is 16.7 Å². The quantitative estimate of drug-likeness (QED) is 0.627. The molecule has 0 aliphatic rings. The molecule has 0 bridgehead atoms. The van der Waals surface area contributed by atoms with E-state index in [9.17, 15) is 4.79 Å². The largest absolute Gasteiger partial charge is 0.345 e. The third-order valence-corrected chi connectivity index (χ3v) is 5.38. The molecule has 2 aromatic carbocycles. The molecule has 3 rings (SSSR count). The van der Waals surface area contributed by atoms with Gasteiger partial charge in [-0.15, -0.1) is 0 Å². The van der Waals surface area contributed by atoms with Crippen LogP contribution in [0.25, 0.3) is 5.69 Å². The third kappa shape index (κ3) is 5.25. The van der Waals surface area contributed by atoms with Gasteiger partial charge in [-0.25, -0.2) is 4.68 Å². The zero-order valence-corrected chi connectivity index (χ0v) is 18.1. The Bertz CT molecular complexity index is 967. The van der Waals surface area contributed by atoms with Crippen molar-refractivity contribution >= 4 is 17.5 Å². The van der Waals surface area contributed by atoms with Crippen molar-refractivity contribution in [1.29, 1.82) is 0 Å². The minimum atomic E-state index is -0.0585. The van der Waals surface area contributed by atoms with Crippen LogP contribution in [-0.4, -0.2) is 29.3 Å². The Labute approximate surface area is 177 Å². The van der Waals surface area contributed by atoms with Crippen LogP contribution in [0.4, 0.5) is 0 Å². The van der Waals surface area contributed by atoms with Crippen molar-refractivity contribution in [3.63, 3.8) is 0 Å². The highest BCUT2D eigenvalue weighted by molar-refractivity contribution is 6.30. The third-order valence-electron chi connectivity index (χ3n) is 5.13. The Morgan fingerprint density at radius 1 is 1.14 bits per heavy atom. The van der Waals surface area contributed by atoms with Gasteiger partial charge in [-0.3, -0.25) is 4.79 Å². The van der Waals surface area contributed by atoms with Crippen LogP contribution >= 0.6 is 11.6 Å². The first-order valence-corrected chi connectivity index (χ1v) is 10.2. The van der Waals surface area contributed by atoms with Gasteiger partial charge in [0.2, 0.25) is 0 Å². The van der Waals surface area contributed by atoms with Crippen LogP contribution in [0.3, 0.4) is 0 Å². The number of quaternary nitrogens is 1. The summed E-state index contributed by atoms with van der Waals surface area (Å²) in [6, 6.07) is 17.6. The summed E-state index contributed by atoms with van der Waals surface area (Å²) in [7, 11) is 2.03. The van der Waals surface area contributed by atoms with Crippen molar-refractivity contribution in [3.8, 4) is 5.69 Å². The number of carbonyl (C=O) groups is 1. The number of aryl methyl sites for hydroxylation is 1. The highest BCUT2D eigenvalue weighted by atomic mass is 35.5. The average Bonchev–Trinajstić information content (AvgIpc) is 2.97. The molecular weight excluding hydrogens is 384 g/mol. The van der Waals surface area contributed by atoms with E-state index in [2.05, 4.69) is 12.2 Å². The molecule has 0 spiro atoms. The van der Waals surface area contributed by atoms with E-state index in [1.165, 1.54) is 5.56 Å². The Balaban J connectivity index is 1.62. The maximum absolute atomic E-state index is 12.5. The van der Waals surface area contributed by atoms with Gasteiger partial charge in [-0.1, -0.05) is 41.9 Å². The lowest BCUT2D eigenvalue weighted by molar-refractivity contribution is -0.885. The highest BCUT2D eigenvalue weighted by Gasteiger charge is 2.19. The molecule has 5 nitrogen and oxygen atoms in total. The summed E-state index contributed by atoms with van der Waals surface area (Å²) in [6.45, 7) is 7.23. The molecule has 2 N–H and O–H groups in total. The van der Waals surface area contributed by atoms with E-state index in [-0.39, 0.29) is 11.9 Å². The zero-order chi connectivity index (χ0) is 21.0. The summed E-state index contributed by atoms with van der Waals surface area (Å²) < 4.78 is 1.97. The van der Waals surface area contributed by atoms with Gasteiger partial charge in [-0.05, 0) is 50.6 Å². The number of halogens is 1. The number of nitrogens with one attached hydrogen (secondary N) is 2. The van der Waals surface area contributed by atoms with Gasteiger partial charge in [0.15, 0.2) is 6.54 Å². The Hall–Kier alpha value is -2.63. The number of rotatable bonds is 7. The summed E-state index contributed by atoms with van der Waals surface area (Å²) in [5.74, 6) is 0.0238. The molecule has 1 aromatic heterocycles. The van der Waals surface area contributed by atoms with Crippen molar-refractivity contribution in [1.82, 2.24) is 15.1 Å². The second-order valence-electron chi connectivity index (χ2n) is 7.55. The van der Waals surface area contributed by atoms with Gasteiger partial charge >= 0.3 is 0 Å². The summed E-state index contributed by atoms with van der Waals surface area (Å²) in [5.41, 5.74) is 5.39. The zero-order valence-electron chi connectivity index (χ0n) is 17.4. The number of benzene rings is 2. The molecule has 0 radical (unpaired) electrons. The molecule has 0 aliphatic carbocycles. The molecular formula is C23H28ClN4O+. The van der Waals surface area contributed by atoms with E-state index in [0.29, 0.717) is 11.6 Å². The molecule has 6 heteroatoms. The van der Waals surface area contributed by atoms with Gasteiger partial charge in [0, 0.05) is 5.02 Å². The average molecular weight is 412 g/mol. The van der Waals surface area contributed by atoms with Gasteiger partial charge in [0.25, 0.3) is 5.91 Å². The molecule has 1 unspecified atom stereocenters. The number of aromatic nitrogens is 2. The van der Waals surface area contributed by atoms with Gasteiger partial charge in [0.1, 0.15) is 6.54 Å². The molecule has 152 valence electrons. The number of likely N-dealkylation sites (N-methyl/N-ethyl adjacent to an activating group) is 1. The predicted molar refractivity (Wildman–Crippen MR) is 117 cm³/mol. The second-order valence-corrected chi connectivity index (χ2v) is 7.98. The lowest BCUT2D eigenvalue weighted by Gasteiger charge is -2.18.